The van der Waals surface area contributed by atoms with Gasteiger partial charge < -0.3 is 14.7 Å². The van der Waals surface area contributed by atoms with Crippen molar-refractivity contribution in [1.82, 2.24) is 4.90 Å². The summed E-state index contributed by atoms with van der Waals surface area (Å²) in [5, 5.41) is 10.5. The molecule has 3 atom stereocenters. The first-order valence-corrected chi connectivity index (χ1v) is 8.94. The van der Waals surface area contributed by atoms with Gasteiger partial charge in [0.25, 0.3) is 0 Å². The third-order valence-corrected chi connectivity index (χ3v) is 5.65. The summed E-state index contributed by atoms with van der Waals surface area (Å²) < 4.78 is 5.66. The summed E-state index contributed by atoms with van der Waals surface area (Å²) >= 11 is 1.98. The second kappa shape index (κ2) is 8.25. The molecule has 0 spiro atoms. The van der Waals surface area contributed by atoms with Gasteiger partial charge in [-0.3, -0.25) is 4.79 Å². The maximum atomic E-state index is 12.2. The van der Waals surface area contributed by atoms with Crippen LogP contribution in [-0.4, -0.2) is 58.8 Å². The molecule has 1 N–H and O–H groups in total. The van der Waals surface area contributed by atoms with E-state index in [2.05, 4.69) is 0 Å². The molecule has 3 unspecified atom stereocenters. The average molecular weight is 301 g/mol. The molecule has 0 aromatic rings. The predicted molar refractivity (Wildman–Crippen MR) is 81.9 cm³/mol. The second-order valence-electron chi connectivity index (χ2n) is 5.77. The quantitative estimate of drug-likeness (QED) is 0.816. The fourth-order valence-electron chi connectivity index (χ4n) is 2.98. The number of carbonyl (C=O) groups is 1. The minimum absolute atomic E-state index is 0.0674. The topological polar surface area (TPSA) is 49.8 Å². The third-order valence-electron chi connectivity index (χ3n) is 4.27. The van der Waals surface area contributed by atoms with E-state index in [4.69, 9.17) is 4.74 Å². The van der Waals surface area contributed by atoms with Crippen molar-refractivity contribution in [3.05, 3.63) is 0 Å². The molecule has 2 aliphatic rings. The van der Waals surface area contributed by atoms with Crippen LogP contribution in [0.1, 0.15) is 45.4 Å². The Morgan fingerprint density at radius 1 is 1.30 bits per heavy atom. The molecule has 1 aliphatic carbocycles. The molecule has 116 valence electrons. The number of aliphatic hydroxyl groups is 1. The van der Waals surface area contributed by atoms with Gasteiger partial charge in [0.15, 0.2) is 0 Å². The SMILES string of the molecule is CCN(CC1CCCS1)C(=O)COC1CCCCC1O. The Morgan fingerprint density at radius 2 is 2.10 bits per heavy atom. The molecule has 5 heteroatoms. The highest BCUT2D eigenvalue weighted by Crippen LogP contribution is 2.27. The van der Waals surface area contributed by atoms with Gasteiger partial charge in [-0.15, -0.1) is 0 Å². The van der Waals surface area contributed by atoms with Crippen molar-refractivity contribution in [2.45, 2.75) is 62.9 Å². The van der Waals surface area contributed by atoms with Gasteiger partial charge in [-0.05, 0) is 38.4 Å². The average Bonchev–Trinajstić information content (AvgIpc) is 2.96. The molecule has 0 aromatic heterocycles. The molecule has 1 amide bonds. The molecular formula is C15H27NO3S. The van der Waals surface area contributed by atoms with E-state index in [-0.39, 0.29) is 18.6 Å². The monoisotopic (exact) mass is 301 g/mol. The summed E-state index contributed by atoms with van der Waals surface area (Å²) in [5.41, 5.74) is 0. The highest BCUT2D eigenvalue weighted by atomic mass is 32.2. The van der Waals surface area contributed by atoms with Gasteiger partial charge in [0, 0.05) is 18.3 Å². The van der Waals surface area contributed by atoms with Crippen LogP contribution in [0.15, 0.2) is 0 Å². The van der Waals surface area contributed by atoms with Gasteiger partial charge in [0.2, 0.25) is 5.91 Å². The summed E-state index contributed by atoms with van der Waals surface area (Å²) in [4.78, 5) is 14.1. The van der Waals surface area contributed by atoms with Crippen LogP contribution in [0.25, 0.3) is 0 Å². The normalized spacial score (nSPS) is 30.4. The van der Waals surface area contributed by atoms with E-state index in [1.807, 2.05) is 23.6 Å². The van der Waals surface area contributed by atoms with E-state index < -0.39 is 6.10 Å². The van der Waals surface area contributed by atoms with E-state index in [0.717, 1.165) is 38.8 Å². The van der Waals surface area contributed by atoms with Crippen LogP contribution < -0.4 is 0 Å². The Bertz CT molecular complexity index is 307. The lowest BCUT2D eigenvalue weighted by Crippen LogP contribution is -2.41. The van der Waals surface area contributed by atoms with E-state index in [1.165, 1.54) is 18.6 Å². The Labute approximate surface area is 126 Å². The number of thioether (sulfide) groups is 1. The smallest absolute Gasteiger partial charge is 0.248 e. The van der Waals surface area contributed by atoms with Gasteiger partial charge >= 0.3 is 0 Å². The molecule has 1 saturated heterocycles. The molecule has 0 radical (unpaired) electrons. The number of amides is 1. The predicted octanol–water partition coefficient (Wildman–Crippen LogP) is 2.05. The van der Waals surface area contributed by atoms with Crippen LogP contribution in [0.5, 0.6) is 0 Å². The highest BCUT2D eigenvalue weighted by Gasteiger charge is 2.26. The minimum atomic E-state index is -0.392. The number of ether oxygens (including phenoxy) is 1. The molecule has 0 bridgehead atoms. The van der Waals surface area contributed by atoms with E-state index in [0.29, 0.717) is 5.25 Å². The largest absolute Gasteiger partial charge is 0.390 e. The number of nitrogens with zero attached hydrogens (tertiary/aromatic N) is 1. The van der Waals surface area contributed by atoms with Gasteiger partial charge in [-0.25, -0.2) is 0 Å². The number of carbonyl (C=O) groups excluding carboxylic acids is 1. The van der Waals surface area contributed by atoms with Crippen LogP contribution in [0.4, 0.5) is 0 Å². The van der Waals surface area contributed by atoms with Crippen molar-refractivity contribution in [3.63, 3.8) is 0 Å². The van der Waals surface area contributed by atoms with Gasteiger partial charge in [-0.2, -0.15) is 11.8 Å². The molecule has 2 fully saturated rings. The summed E-state index contributed by atoms with van der Waals surface area (Å²) in [6, 6.07) is 0. The Balaban J connectivity index is 1.73. The maximum absolute atomic E-state index is 12.2. The van der Waals surface area contributed by atoms with Gasteiger partial charge in [0.05, 0.1) is 12.2 Å². The van der Waals surface area contributed by atoms with Crippen LogP contribution in [0, 0.1) is 0 Å². The van der Waals surface area contributed by atoms with Crippen molar-refractivity contribution in [3.8, 4) is 0 Å². The summed E-state index contributed by atoms with van der Waals surface area (Å²) in [6.45, 7) is 3.73. The standard InChI is InChI=1S/C15H27NO3S/c1-2-16(10-12-6-5-9-20-12)15(18)11-19-14-8-4-3-7-13(14)17/h12-14,17H,2-11H2,1H3. The van der Waals surface area contributed by atoms with Gasteiger partial charge in [0.1, 0.15) is 6.61 Å². The fraction of sp³-hybridized carbons (Fsp3) is 0.933. The van der Waals surface area contributed by atoms with E-state index in [1.54, 1.807) is 0 Å². The third kappa shape index (κ3) is 4.64. The zero-order valence-electron chi connectivity index (χ0n) is 12.4. The number of aliphatic hydroxyl groups excluding tert-OH is 1. The van der Waals surface area contributed by atoms with Crippen molar-refractivity contribution in [1.29, 1.82) is 0 Å². The highest BCUT2D eigenvalue weighted by molar-refractivity contribution is 8.00. The molecule has 20 heavy (non-hydrogen) atoms. The number of likely N-dealkylation sites (N-methyl/N-ethyl adjacent to an activating group) is 1. The maximum Gasteiger partial charge on any atom is 0.248 e. The molecule has 1 saturated carbocycles. The zero-order chi connectivity index (χ0) is 14.4. The van der Waals surface area contributed by atoms with E-state index in [9.17, 15) is 9.90 Å². The summed E-state index contributed by atoms with van der Waals surface area (Å²) in [6.07, 6.45) is 5.78. The van der Waals surface area contributed by atoms with Crippen molar-refractivity contribution in [2.24, 2.45) is 0 Å². The lowest BCUT2D eigenvalue weighted by atomic mass is 9.95. The van der Waals surface area contributed by atoms with Crippen LogP contribution in [0.2, 0.25) is 0 Å². The van der Waals surface area contributed by atoms with E-state index >= 15 is 0 Å². The van der Waals surface area contributed by atoms with Gasteiger partial charge in [-0.1, -0.05) is 12.8 Å². The Morgan fingerprint density at radius 3 is 2.75 bits per heavy atom. The van der Waals surface area contributed by atoms with Crippen molar-refractivity contribution < 1.29 is 14.6 Å². The molecule has 1 heterocycles. The van der Waals surface area contributed by atoms with Crippen LogP contribution >= 0.6 is 11.8 Å². The molecular weight excluding hydrogens is 274 g/mol. The lowest BCUT2D eigenvalue weighted by Gasteiger charge is -2.29. The lowest BCUT2D eigenvalue weighted by molar-refractivity contribution is -0.142. The van der Waals surface area contributed by atoms with Crippen molar-refractivity contribution in [2.75, 3.05) is 25.4 Å². The number of hydrogen-bond acceptors (Lipinski definition) is 4. The first kappa shape index (κ1) is 16.1. The Hall–Kier alpha value is -0.260. The summed E-state index contributed by atoms with van der Waals surface area (Å²) in [7, 11) is 0. The van der Waals surface area contributed by atoms with Crippen LogP contribution in [0.3, 0.4) is 0 Å². The van der Waals surface area contributed by atoms with Crippen LogP contribution in [-0.2, 0) is 9.53 Å². The first-order valence-electron chi connectivity index (χ1n) is 7.89. The molecule has 1 aliphatic heterocycles. The molecule has 2 rings (SSSR count). The zero-order valence-corrected chi connectivity index (χ0v) is 13.2. The molecule has 4 nitrogen and oxygen atoms in total. The van der Waals surface area contributed by atoms with Crippen molar-refractivity contribution >= 4 is 17.7 Å². The summed E-state index contributed by atoms with van der Waals surface area (Å²) in [5.74, 6) is 1.29. The Kier molecular flexibility index (Phi) is 6.65. The fourth-order valence-corrected chi connectivity index (χ4v) is 4.27. The number of rotatable bonds is 6. The second-order valence-corrected chi connectivity index (χ2v) is 7.18. The minimum Gasteiger partial charge on any atom is -0.390 e. The molecule has 0 aromatic carbocycles. The number of hydrogen-bond donors (Lipinski definition) is 1. The first-order chi connectivity index (χ1) is 9.70.